The van der Waals surface area contributed by atoms with Crippen LogP contribution in [0.3, 0.4) is 0 Å². The number of aromatic nitrogens is 4. The number of pyridine rings is 1. The third-order valence-electron chi connectivity index (χ3n) is 11.1. The van der Waals surface area contributed by atoms with E-state index in [2.05, 4.69) is 168 Å². The van der Waals surface area contributed by atoms with Crippen LogP contribution in [-0.2, 0) is 12.5 Å². The van der Waals surface area contributed by atoms with Crippen LogP contribution in [0.5, 0.6) is 11.5 Å². The molecule has 0 saturated heterocycles. The molecule has 4 heterocycles. The number of ether oxygens (including phenoxy) is 1. The highest BCUT2D eigenvalue weighted by Gasteiger charge is 2.46. The molecule has 1 aliphatic heterocycles. The maximum Gasteiger partial charge on any atom is 0.145 e. The number of imidazole rings is 1. The first-order chi connectivity index (χ1) is 27.7. The van der Waals surface area contributed by atoms with E-state index in [9.17, 15) is 0 Å². The predicted molar refractivity (Wildman–Crippen MR) is 227 cm³/mol. The number of nitrogens with zero attached hydrogens (tertiary/aromatic N) is 4. The van der Waals surface area contributed by atoms with Crippen LogP contribution in [0.25, 0.3) is 50.0 Å². The van der Waals surface area contributed by atoms with Gasteiger partial charge in [0.1, 0.15) is 23.0 Å². The van der Waals surface area contributed by atoms with Gasteiger partial charge in [0.15, 0.2) is 0 Å². The van der Waals surface area contributed by atoms with E-state index in [0.29, 0.717) is 0 Å². The molecule has 11 rings (SSSR count). The van der Waals surface area contributed by atoms with Gasteiger partial charge in [0, 0.05) is 45.4 Å². The summed E-state index contributed by atoms with van der Waals surface area (Å²) in [5, 5.41) is 2.30. The van der Waals surface area contributed by atoms with E-state index in [1.165, 1.54) is 27.1 Å². The number of fused-ring (bicyclic) bond motifs is 7. The van der Waals surface area contributed by atoms with Crippen LogP contribution in [-0.4, -0.2) is 19.1 Å². The summed E-state index contributed by atoms with van der Waals surface area (Å²) in [5.74, 6) is 2.38. The predicted octanol–water partition coefficient (Wildman–Crippen LogP) is 12.4. The third kappa shape index (κ3) is 4.89. The van der Waals surface area contributed by atoms with E-state index in [-0.39, 0.29) is 0 Å². The average molecular weight is 739 g/mol. The van der Waals surface area contributed by atoms with E-state index < -0.39 is 5.41 Å². The fourth-order valence-electron chi connectivity index (χ4n) is 8.80. The zero-order chi connectivity index (χ0) is 37.2. The highest BCUT2D eigenvalue weighted by atomic mass is 32.2. The molecule has 0 aliphatic carbocycles. The van der Waals surface area contributed by atoms with Crippen molar-refractivity contribution in [2.75, 3.05) is 0 Å². The molecule has 10 aromatic rings. The lowest BCUT2D eigenvalue weighted by molar-refractivity contribution is 0.482. The molecule has 56 heavy (non-hydrogen) atoms. The molecule has 0 bridgehead atoms. The van der Waals surface area contributed by atoms with E-state index in [0.717, 1.165) is 66.4 Å². The topological polar surface area (TPSA) is 44.9 Å². The van der Waals surface area contributed by atoms with Gasteiger partial charge < -0.3 is 9.30 Å². The van der Waals surface area contributed by atoms with Crippen LogP contribution in [0.15, 0.2) is 198 Å². The van der Waals surface area contributed by atoms with Crippen LogP contribution in [0.4, 0.5) is 0 Å². The molecule has 0 atom stereocenters. The lowest BCUT2D eigenvalue weighted by Gasteiger charge is -2.42. The summed E-state index contributed by atoms with van der Waals surface area (Å²) >= 11 is 1.81. The molecule has 7 aromatic carbocycles. The Labute approximate surface area is 328 Å². The molecule has 0 unspecified atom stereocenters. The lowest BCUT2D eigenvalue weighted by atomic mass is 9.64. The number of aryl methyl sites for hydroxylation is 1. The Balaban J connectivity index is 1.10. The average Bonchev–Trinajstić information content (AvgIpc) is 3.78. The molecule has 3 aromatic heterocycles. The molecule has 0 spiro atoms. The van der Waals surface area contributed by atoms with Crippen LogP contribution < -0.4 is 4.74 Å². The van der Waals surface area contributed by atoms with Gasteiger partial charge in [0.2, 0.25) is 0 Å². The fraction of sp³-hybridized carbons (Fsp3) is 0.0400. The molecule has 266 valence electrons. The molecular weight excluding hydrogens is 705 g/mol. The second-order valence-electron chi connectivity index (χ2n) is 14.2. The number of hydrogen-bond donors (Lipinski definition) is 0. The quantitative estimate of drug-likeness (QED) is 0.170. The highest BCUT2D eigenvalue weighted by Crippen LogP contribution is 2.58. The second-order valence-corrected chi connectivity index (χ2v) is 15.3. The summed E-state index contributed by atoms with van der Waals surface area (Å²) < 4.78 is 11.0. The van der Waals surface area contributed by atoms with Gasteiger partial charge in [-0.05, 0) is 70.8 Å². The smallest absolute Gasteiger partial charge is 0.145 e. The number of para-hydroxylation sites is 3. The monoisotopic (exact) mass is 738 g/mol. The zero-order valence-electron chi connectivity index (χ0n) is 30.5. The minimum absolute atomic E-state index is 0.592. The van der Waals surface area contributed by atoms with E-state index >= 15 is 0 Å². The van der Waals surface area contributed by atoms with Gasteiger partial charge >= 0.3 is 0 Å². The molecule has 1 aliphatic rings. The third-order valence-corrected chi connectivity index (χ3v) is 12.2. The van der Waals surface area contributed by atoms with Crippen LogP contribution in [0.1, 0.15) is 22.3 Å². The first-order valence-electron chi connectivity index (χ1n) is 18.8. The van der Waals surface area contributed by atoms with Gasteiger partial charge in [0.05, 0.1) is 27.7 Å². The lowest BCUT2D eigenvalue weighted by Crippen LogP contribution is -2.34. The number of benzene rings is 7. The molecule has 0 saturated carbocycles. The zero-order valence-corrected chi connectivity index (χ0v) is 31.3. The number of rotatable bonds is 6. The maximum atomic E-state index is 6.62. The molecular formula is C50H34N4OS. The molecule has 0 N–H and O–H groups in total. The van der Waals surface area contributed by atoms with Gasteiger partial charge in [-0.1, -0.05) is 139 Å². The van der Waals surface area contributed by atoms with Crippen LogP contribution in [0, 0.1) is 0 Å². The Morgan fingerprint density at radius 3 is 2.04 bits per heavy atom. The van der Waals surface area contributed by atoms with Gasteiger partial charge in [-0.2, -0.15) is 0 Å². The van der Waals surface area contributed by atoms with Crippen LogP contribution >= 0.6 is 11.8 Å². The van der Waals surface area contributed by atoms with Crippen molar-refractivity contribution in [2.45, 2.75) is 15.2 Å². The fourth-order valence-corrected chi connectivity index (χ4v) is 9.98. The van der Waals surface area contributed by atoms with Crippen LogP contribution in [0.2, 0.25) is 0 Å². The van der Waals surface area contributed by atoms with Crippen molar-refractivity contribution in [3.63, 3.8) is 0 Å². The molecule has 5 nitrogen and oxygen atoms in total. The Hall–Kier alpha value is -6.89. The summed E-state index contributed by atoms with van der Waals surface area (Å²) in [6.45, 7) is 0. The van der Waals surface area contributed by atoms with Crippen molar-refractivity contribution < 1.29 is 4.74 Å². The number of hydrogen-bond acceptors (Lipinski definition) is 4. The summed E-state index contributed by atoms with van der Waals surface area (Å²) in [6.07, 6.45) is 2.08. The normalized spacial score (nSPS) is 13.2. The van der Waals surface area contributed by atoms with Crippen molar-refractivity contribution in [3.05, 3.63) is 210 Å². The largest absolute Gasteiger partial charge is 0.457 e. The minimum atomic E-state index is -0.592. The highest BCUT2D eigenvalue weighted by molar-refractivity contribution is 7.99. The van der Waals surface area contributed by atoms with E-state index in [1.54, 1.807) is 0 Å². The summed E-state index contributed by atoms with van der Waals surface area (Å²) in [6, 6.07) is 64.2. The maximum absolute atomic E-state index is 6.62. The van der Waals surface area contributed by atoms with Gasteiger partial charge in [-0.15, -0.1) is 0 Å². The molecule has 0 fully saturated rings. The summed E-state index contributed by atoms with van der Waals surface area (Å²) in [7, 11) is 2.06. The summed E-state index contributed by atoms with van der Waals surface area (Å²) in [5.41, 5.74) is 10.4. The SMILES string of the molecule is Cn1c(-c2cccc(Oc3cccc(-n4c5ccccc5c5c6c(cnc54)Sc4ccccc4C6(c4ccccc4)c4ccccc4)c3)c2)nc2ccccc21. The van der Waals surface area contributed by atoms with E-state index in [1.807, 2.05) is 48.2 Å². The van der Waals surface area contributed by atoms with Crippen molar-refractivity contribution >= 4 is 44.7 Å². The second kappa shape index (κ2) is 12.9. The summed E-state index contributed by atoms with van der Waals surface area (Å²) in [4.78, 5) is 12.6. The first kappa shape index (κ1) is 32.5. The molecule has 0 radical (unpaired) electrons. The van der Waals surface area contributed by atoms with Gasteiger partial charge in [-0.3, -0.25) is 4.57 Å². The van der Waals surface area contributed by atoms with Gasteiger partial charge in [-0.25, -0.2) is 9.97 Å². The molecule has 0 amide bonds. The van der Waals surface area contributed by atoms with Crippen molar-refractivity contribution in [2.24, 2.45) is 7.05 Å². The Bertz CT molecular complexity index is 3070. The Morgan fingerprint density at radius 1 is 0.589 bits per heavy atom. The van der Waals surface area contributed by atoms with Crippen molar-refractivity contribution in [1.82, 2.24) is 19.1 Å². The van der Waals surface area contributed by atoms with Crippen molar-refractivity contribution in [3.8, 4) is 28.6 Å². The van der Waals surface area contributed by atoms with Gasteiger partial charge in [0.25, 0.3) is 0 Å². The first-order valence-corrected chi connectivity index (χ1v) is 19.6. The Kier molecular flexibility index (Phi) is 7.47. The van der Waals surface area contributed by atoms with E-state index in [4.69, 9.17) is 14.7 Å². The Morgan fingerprint density at radius 2 is 1.25 bits per heavy atom. The minimum Gasteiger partial charge on any atom is -0.457 e. The molecule has 6 heteroatoms. The van der Waals surface area contributed by atoms with Crippen molar-refractivity contribution in [1.29, 1.82) is 0 Å². The standard InChI is InChI=1S/C50H34N4OS/c1-53-43-28-12-10-26-41(43)52-48(53)33-16-14-22-37(30-33)55-38-23-15-21-36(31-38)54-42-27-11-8-24-39(42)46-47-45(32-51-49(46)54)56-44-29-13-9-25-40(44)50(47,34-17-4-2-5-18-34)35-19-6-3-7-20-35/h2-32H,1H3.